The summed E-state index contributed by atoms with van der Waals surface area (Å²) < 4.78 is 5.73. The number of allylic oxidation sites excluding steroid dienone is 2. The minimum absolute atomic E-state index is 0.144. The summed E-state index contributed by atoms with van der Waals surface area (Å²) in [4.78, 5) is 12.0. The van der Waals surface area contributed by atoms with Gasteiger partial charge in [-0.1, -0.05) is 54.3 Å². The zero-order chi connectivity index (χ0) is 13.0. The van der Waals surface area contributed by atoms with E-state index >= 15 is 0 Å². The Balaban J connectivity index is 2.14. The Kier molecular flexibility index (Phi) is 4.17. The molecule has 1 aliphatic rings. The Morgan fingerprint density at radius 2 is 2.17 bits per heavy atom. The molecule has 0 bridgehead atoms. The van der Waals surface area contributed by atoms with E-state index in [1.807, 2.05) is 36.4 Å². The molecule has 0 aromatic heterocycles. The summed E-state index contributed by atoms with van der Waals surface area (Å²) in [6.45, 7) is 0. The van der Waals surface area contributed by atoms with E-state index in [1.54, 1.807) is 13.2 Å². The second-order valence-corrected chi connectivity index (χ2v) is 5.19. The van der Waals surface area contributed by atoms with Crippen molar-refractivity contribution < 1.29 is 9.53 Å². The predicted octanol–water partition coefficient (Wildman–Crippen LogP) is 2.74. The first-order valence-electron chi connectivity index (χ1n) is 5.25. The first kappa shape index (κ1) is 12.9. The van der Waals surface area contributed by atoms with E-state index in [9.17, 15) is 4.79 Å². The smallest absolute Gasteiger partial charge is 0.263 e. The van der Waals surface area contributed by atoms with Gasteiger partial charge < -0.3 is 10.1 Å². The third-order valence-electron chi connectivity index (χ3n) is 2.30. The second kappa shape index (κ2) is 5.84. The number of thiocarbonyl (C=S) groups is 1. The van der Waals surface area contributed by atoms with Crippen molar-refractivity contribution in [3.05, 3.63) is 46.9 Å². The molecule has 0 unspecified atom stereocenters. The molecule has 0 spiro atoms. The highest BCUT2D eigenvalue weighted by Crippen LogP contribution is 2.24. The summed E-state index contributed by atoms with van der Waals surface area (Å²) in [5, 5.41) is 2.57. The molecule has 5 heteroatoms. The van der Waals surface area contributed by atoms with Crippen LogP contribution >= 0.6 is 24.0 Å². The molecular weight excluding hydrogens is 266 g/mol. The van der Waals surface area contributed by atoms with Crippen molar-refractivity contribution in [1.29, 1.82) is 0 Å². The molecule has 2 rings (SSSR count). The van der Waals surface area contributed by atoms with Gasteiger partial charge in [0, 0.05) is 5.56 Å². The summed E-state index contributed by atoms with van der Waals surface area (Å²) in [5.41, 5.74) is 0.961. The number of para-hydroxylation sites is 1. The topological polar surface area (TPSA) is 38.3 Å². The van der Waals surface area contributed by atoms with Crippen molar-refractivity contribution in [2.45, 2.75) is 0 Å². The van der Waals surface area contributed by atoms with Crippen LogP contribution in [-0.4, -0.2) is 17.3 Å². The third kappa shape index (κ3) is 3.00. The first-order chi connectivity index (χ1) is 8.70. The maximum Gasteiger partial charge on any atom is 0.263 e. The van der Waals surface area contributed by atoms with Crippen LogP contribution < -0.4 is 10.1 Å². The largest absolute Gasteiger partial charge is 0.496 e. The van der Waals surface area contributed by atoms with Gasteiger partial charge >= 0.3 is 0 Å². The molecule has 1 aromatic rings. The summed E-state index contributed by atoms with van der Waals surface area (Å²) in [6.07, 6.45) is 5.44. The minimum Gasteiger partial charge on any atom is -0.496 e. The van der Waals surface area contributed by atoms with Crippen molar-refractivity contribution in [3.63, 3.8) is 0 Å². The maximum absolute atomic E-state index is 11.4. The van der Waals surface area contributed by atoms with Gasteiger partial charge in [-0.25, -0.2) is 0 Å². The van der Waals surface area contributed by atoms with E-state index < -0.39 is 0 Å². The molecule has 1 aromatic carbocycles. The number of thioether (sulfide) groups is 1. The number of nitrogens with one attached hydrogen (secondary N) is 1. The highest BCUT2D eigenvalue weighted by atomic mass is 32.2. The summed E-state index contributed by atoms with van der Waals surface area (Å²) in [6, 6.07) is 7.67. The van der Waals surface area contributed by atoms with Crippen LogP contribution in [0.2, 0.25) is 0 Å². The Hall–Kier alpha value is -1.59. The van der Waals surface area contributed by atoms with Gasteiger partial charge in [0.05, 0.1) is 12.0 Å². The van der Waals surface area contributed by atoms with Crippen LogP contribution in [0.1, 0.15) is 5.56 Å². The van der Waals surface area contributed by atoms with E-state index in [4.69, 9.17) is 17.0 Å². The lowest BCUT2D eigenvalue weighted by Gasteiger charge is -2.02. The molecule has 0 atom stereocenters. The molecule has 1 amide bonds. The van der Waals surface area contributed by atoms with Crippen LogP contribution in [0.15, 0.2) is 41.3 Å². The molecule has 0 saturated carbocycles. The zero-order valence-corrected chi connectivity index (χ0v) is 11.3. The van der Waals surface area contributed by atoms with Gasteiger partial charge in [0.1, 0.15) is 10.1 Å². The van der Waals surface area contributed by atoms with Crippen molar-refractivity contribution in [3.8, 4) is 5.75 Å². The Morgan fingerprint density at radius 1 is 1.39 bits per heavy atom. The number of hydrogen-bond acceptors (Lipinski definition) is 4. The summed E-state index contributed by atoms with van der Waals surface area (Å²) in [5.74, 6) is 0.654. The van der Waals surface area contributed by atoms with Gasteiger partial charge in [0.2, 0.25) is 0 Å². The SMILES string of the molecule is COc1ccccc1C=CC=C1SC(=S)NC1=O. The number of carbonyl (C=O) groups excluding carboxylic acids is 1. The summed E-state index contributed by atoms with van der Waals surface area (Å²) >= 11 is 6.17. The van der Waals surface area contributed by atoms with Crippen molar-refractivity contribution in [2.24, 2.45) is 0 Å². The van der Waals surface area contributed by atoms with E-state index in [1.165, 1.54) is 11.8 Å². The number of amides is 1. The number of ether oxygens (including phenoxy) is 1. The highest BCUT2D eigenvalue weighted by molar-refractivity contribution is 8.26. The van der Waals surface area contributed by atoms with Crippen LogP contribution in [0.3, 0.4) is 0 Å². The first-order valence-corrected chi connectivity index (χ1v) is 6.47. The number of rotatable bonds is 3. The van der Waals surface area contributed by atoms with E-state index in [2.05, 4.69) is 5.32 Å². The van der Waals surface area contributed by atoms with Crippen molar-refractivity contribution in [1.82, 2.24) is 5.32 Å². The van der Waals surface area contributed by atoms with Gasteiger partial charge in [0.15, 0.2) is 0 Å². The Labute approximate surface area is 115 Å². The molecule has 1 aliphatic heterocycles. The maximum atomic E-state index is 11.4. The molecule has 3 nitrogen and oxygen atoms in total. The molecule has 1 N–H and O–H groups in total. The molecule has 1 heterocycles. The lowest BCUT2D eigenvalue weighted by atomic mass is 10.2. The van der Waals surface area contributed by atoms with E-state index in [0.29, 0.717) is 9.23 Å². The average Bonchev–Trinajstić information content (AvgIpc) is 2.68. The van der Waals surface area contributed by atoms with Crippen molar-refractivity contribution >= 4 is 40.3 Å². The number of benzene rings is 1. The lowest BCUT2D eigenvalue weighted by molar-refractivity contribution is -0.115. The Bertz CT molecular complexity index is 550. The predicted molar refractivity (Wildman–Crippen MR) is 78.4 cm³/mol. The van der Waals surface area contributed by atoms with Crippen LogP contribution in [-0.2, 0) is 4.79 Å². The molecule has 0 aliphatic carbocycles. The number of carbonyl (C=O) groups is 1. The number of methoxy groups -OCH3 is 1. The fourth-order valence-corrected chi connectivity index (χ4v) is 2.47. The second-order valence-electron chi connectivity index (χ2n) is 3.48. The quantitative estimate of drug-likeness (QED) is 0.681. The van der Waals surface area contributed by atoms with Crippen LogP contribution in [0.5, 0.6) is 5.75 Å². The van der Waals surface area contributed by atoms with E-state index in [-0.39, 0.29) is 5.91 Å². The Morgan fingerprint density at radius 3 is 2.83 bits per heavy atom. The third-order valence-corrected chi connectivity index (χ3v) is 3.49. The monoisotopic (exact) mass is 277 g/mol. The zero-order valence-electron chi connectivity index (χ0n) is 9.67. The van der Waals surface area contributed by atoms with Gasteiger partial charge in [-0.05, 0) is 12.1 Å². The molecule has 1 fully saturated rings. The van der Waals surface area contributed by atoms with E-state index in [0.717, 1.165) is 11.3 Å². The molecule has 92 valence electrons. The van der Waals surface area contributed by atoms with Crippen LogP contribution in [0.25, 0.3) is 6.08 Å². The highest BCUT2D eigenvalue weighted by Gasteiger charge is 2.20. The normalized spacial score (nSPS) is 17.5. The molecule has 18 heavy (non-hydrogen) atoms. The van der Waals surface area contributed by atoms with Gasteiger partial charge in [-0.2, -0.15) is 0 Å². The molecule has 1 saturated heterocycles. The van der Waals surface area contributed by atoms with Crippen LogP contribution in [0, 0.1) is 0 Å². The lowest BCUT2D eigenvalue weighted by Crippen LogP contribution is -2.17. The minimum atomic E-state index is -0.144. The average molecular weight is 277 g/mol. The van der Waals surface area contributed by atoms with Gasteiger partial charge in [-0.3, -0.25) is 4.79 Å². The fraction of sp³-hybridized carbons (Fsp3) is 0.0769. The van der Waals surface area contributed by atoms with Gasteiger partial charge in [-0.15, -0.1) is 0 Å². The molecule has 0 radical (unpaired) electrons. The number of hydrogen-bond donors (Lipinski definition) is 1. The van der Waals surface area contributed by atoms with Crippen LogP contribution in [0.4, 0.5) is 0 Å². The standard InChI is InChI=1S/C13H11NO2S2/c1-16-10-7-3-2-5-9(10)6-4-8-11-12(15)14-13(17)18-11/h2-8H,1H3,(H,14,15,17). The van der Waals surface area contributed by atoms with Crippen molar-refractivity contribution in [2.75, 3.05) is 7.11 Å². The molecular formula is C13H11NO2S2. The van der Waals surface area contributed by atoms with Gasteiger partial charge in [0.25, 0.3) is 5.91 Å². The summed E-state index contributed by atoms with van der Waals surface area (Å²) in [7, 11) is 1.63. The fourth-order valence-electron chi connectivity index (χ4n) is 1.48.